The standard InChI is InChI=1S/C26H27N3O2/c1-19-8-3-5-10-22(19)18-28-16-7-17-29(26(28)31)23-14-12-21(13-15-23)25(30)27-24-11-6-4-9-20(24)2/h3-6,8-15H,7,16-18H2,1-2H3,(H,27,30). The minimum Gasteiger partial charge on any atom is -0.322 e. The Morgan fingerprint density at radius 1 is 0.871 bits per heavy atom. The highest BCUT2D eigenvalue weighted by molar-refractivity contribution is 6.05. The number of hydrogen-bond donors (Lipinski definition) is 1. The molecule has 0 bridgehead atoms. The molecule has 0 spiro atoms. The SMILES string of the molecule is Cc1ccccc1CN1CCCN(c2ccc(C(=O)Nc3ccccc3C)cc2)C1=O. The van der Waals surface area contributed by atoms with Gasteiger partial charge < -0.3 is 10.2 Å². The highest BCUT2D eigenvalue weighted by Crippen LogP contribution is 2.23. The van der Waals surface area contributed by atoms with Gasteiger partial charge in [-0.15, -0.1) is 0 Å². The summed E-state index contributed by atoms with van der Waals surface area (Å²) in [6, 6.07) is 23.1. The normalized spacial score (nSPS) is 13.9. The van der Waals surface area contributed by atoms with E-state index in [9.17, 15) is 9.59 Å². The molecule has 158 valence electrons. The predicted molar refractivity (Wildman–Crippen MR) is 125 cm³/mol. The summed E-state index contributed by atoms with van der Waals surface area (Å²) >= 11 is 0. The van der Waals surface area contributed by atoms with Crippen molar-refractivity contribution in [3.8, 4) is 0 Å². The molecule has 1 heterocycles. The molecule has 0 unspecified atom stereocenters. The van der Waals surface area contributed by atoms with Crippen LogP contribution in [0.1, 0.15) is 33.5 Å². The van der Waals surface area contributed by atoms with E-state index < -0.39 is 0 Å². The Hall–Kier alpha value is -3.60. The number of aryl methyl sites for hydroxylation is 2. The molecule has 1 fully saturated rings. The summed E-state index contributed by atoms with van der Waals surface area (Å²) in [5.41, 5.74) is 5.55. The molecule has 3 aromatic rings. The van der Waals surface area contributed by atoms with Crippen LogP contribution in [-0.2, 0) is 6.54 Å². The van der Waals surface area contributed by atoms with E-state index in [1.807, 2.05) is 60.4 Å². The number of nitrogens with zero attached hydrogens (tertiary/aromatic N) is 2. The van der Waals surface area contributed by atoms with Crippen LogP contribution in [0.15, 0.2) is 72.8 Å². The van der Waals surface area contributed by atoms with Crippen molar-refractivity contribution in [2.24, 2.45) is 0 Å². The monoisotopic (exact) mass is 413 g/mol. The lowest BCUT2D eigenvalue weighted by Gasteiger charge is -2.36. The van der Waals surface area contributed by atoms with Gasteiger partial charge in [-0.3, -0.25) is 9.69 Å². The average Bonchev–Trinajstić information content (AvgIpc) is 2.78. The predicted octanol–water partition coefficient (Wildman–Crippen LogP) is 5.39. The summed E-state index contributed by atoms with van der Waals surface area (Å²) in [6.07, 6.45) is 0.910. The lowest BCUT2D eigenvalue weighted by Crippen LogP contribution is -2.49. The van der Waals surface area contributed by atoms with Crippen molar-refractivity contribution in [1.29, 1.82) is 0 Å². The Morgan fingerprint density at radius 2 is 1.55 bits per heavy atom. The molecule has 0 radical (unpaired) electrons. The third-order valence-electron chi connectivity index (χ3n) is 5.77. The second-order valence-corrected chi connectivity index (χ2v) is 7.95. The topological polar surface area (TPSA) is 52.6 Å². The van der Waals surface area contributed by atoms with Gasteiger partial charge in [0.2, 0.25) is 0 Å². The number of carbonyl (C=O) groups is 2. The first-order valence-electron chi connectivity index (χ1n) is 10.6. The largest absolute Gasteiger partial charge is 0.324 e. The Kier molecular flexibility index (Phi) is 6.03. The van der Waals surface area contributed by atoms with Crippen LogP contribution in [0, 0.1) is 13.8 Å². The Labute approximate surface area is 183 Å². The van der Waals surface area contributed by atoms with E-state index in [1.165, 1.54) is 11.1 Å². The van der Waals surface area contributed by atoms with E-state index in [-0.39, 0.29) is 11.9 Å². The molecule has 5 nitrogen and oxygen atoms in total. The molecule has 3 amide bonds. The number of benzene rings is 3. The number of amides is 3. The molecule has 1 aliphatic rings. The van der Waals surface area contributed by atoms with Crippen molar-refractivity contribution in [3.63, 3.8) is 0 Å². The zero-order chi connectivity index (χ0) is 21.8. The fourth-order valence-electron chi connectivity index (χ4n) is 3.86. The van der Waals surface area contributed by atoms with Crippen molar-refractivity contribution < 1.29 is 9.59 Å². The first kappa shape index (κ1) is 20.7. The summed E-state index contributed by atoms with van der Waals surface area (Å²) in [5, 5.41) is 2.95. The molecule has 0 aliphatic carbocycles. The van der Waals surface area contributed by atoms with Crippen LogP contribution in [-0.4, -0.2) is 29.9 Å². The molecule has 1 N–H and O–H groups in total. The number of anilines is 2. The van der Waals surface area contributed by atoms with Crippen molar-refractivity contribution in [2.45, 2.75) is 26.8 Å². The average molecular weight is 414 g/mol. The summed E-state index contributed by atoms with van der Waals surface area (Å²) in [5.74, 6) is -0.160. The maximum Gasteiger partial charge on any atom is 0.324 e. The van der Waals surface area contributed by atoms with E-state index >= 15 is 0 Å². The second kappa shape index (κ2) is 9.04. The molecule has 4 rings (SSSR count). The van der Waals surface area contributed by atoms with Gasteiger partial charge in [0.15, 0.2) is 0 Å². The zero-order valence-corrected chi connectivity index (χ0v) is 18.0. The van der Waals surface area contributed by atoms with Crippen LogP contribution in [0.4, 0.5) is 16.2 Å². The van der Waals surface area contributed by atoms with Gasteiger partial charge in [-0.2, -0.15) is 0 Å². The van der Waals surface area contributed by atoms with E-state index in [2.05, 4.69) is 24.4 Å². The van der Waals surface area contributed by atoms with Gasteiger partial charge in [-0.25, -0.2) is 4.79 Å². The molecule has 0 atom stereocenters. The Bertz CT molecular complexity index is 1090. The fraction of sp³-hybridized carbons (Fsp3) is 0.231. The Morgan fingerprint density at radius 3 is 2.26 bits per heavy atom. The molecule has 0 aromatic heterocycles. The van der Waals surface area contributed by atoms with Crippen LogP contribution >= 0.6 is 0 Å². The zero-order valence-electron chi connectivity index (χ0n) is 18.0. The molecule has 1 aliphatic heterocycles. The number of para-hydroxylation sites is 1. The van der Waals surface area contributed by atoms with E-state index in [0.717, 1.165) is 29.9 Å². The number of hydrogen-bond acceptors (Lipinski definition) is 2. The molecule has 0 saturated carbocycles. The minimum atomic E-state index is -0.160. The highest BCUT2D eigenvalue weighted by Gasteiger charge is 2.27. The number of nitrogens with one attached hydrogen (secondary N) is 1. The Balaban J connectivity index is 1.45. The third kappa shape index (κ3) is 4.61. The van der Waals surface area contributed by atoms with Crippen LogP contribution < -0.4 is 10.2 Å². The van der Waals surface area contributed by atoms with Crippen molar-refractivity contribution in [2.75, 3.05) is 23.3 Å². The van der Waals surface area contributed by atoms with Gasteiger partial charge in [-0.1, -0.05) is 42.5 Å². The van der Waals surface area contributed by atoms with Gasteiger partial charge in [0.25, 0.3) is 5.91 Å². The maximum absolute atomic E-state index is 13.1. The molecular weight excluding hydrogens is 386 g/mol. The smallest absolute Gasteiger partial charge is 0.322 e. The first-order valence-corrected chi connectivity index (χ1v) is 10.6. The van der Waals surface area contributed by atoms with Gasteiger partial charge in [0.05, 0.1) is 0 Å². The van der Waals surface area contributed by atoms with Crippen LogP contribution in [0.2, 0.25) is 0 Å². The quantitative estimate of drug-likeness (QED) is 0.610. The number of urea groups is 1. The van der Waals surface area contributed by atoms with Crippen LogP contribution in [0.3, 0.4) is 0 Å². The van der Waals surface area contributed by atoms with E-state index in [0.29, 0.717) is 18.7 Å². The van der Waals surface area contributed by atoms with Crippen molar-refractivity contribution in [1.82, 2.24) is 4.90 Å². The summed E-state index contributed by atoms with van der Waals surface area (Å²) in [4.78, 5) is 29.4. The maximum atomic E-state index is 13.1. The van der Waals surface area contributed by atoms with Gasteiger partial charge in [0, 0.05) is 36.6 Å². The van der Waals surface area contributed by atoms with E-state index in [4.69, 9.17) is 0 Å². The summed E-state index contributed by atoms with van der Waals surface area (Å²) < 4.78 is 0. The highest BCUT2D eigenvalue weighted by atomic mass is 16.2. The van der Waals surface area contributed by atoms with Gasteiger partial charge in [-0.05, 0) is 67.3 Å². The summed E-state index contributed by atoms with van der Waals surface area (Å²) in [6.45, 7) is 6.07. The van der Waals surface area contributed by atoms with Crippen LogP contribution in [0.5, 0.6) is 0 Å². The summed E-state index contributed by atoms with van der Waals surface area (Å²) in [7, 11) is 0. The van der Waals surface area contributed by atoms with Crippen LogP contribution in [0.25, 0.3) is 0 Å². The molecule has 1 saturated heterocycles. The lowest BCUT2D eigenvalue weighted by atomic mass is 10.1. The van der Waals surface area contributed by atoms with Gasteiger partial charge in [0.1, 0.15) is 0 Å². The van der Waals surface area contributed by atoms with Crippen molar-refractivity contribution in [3.05, 3.63) is 95.1 Å². The second-order valence-electron chi connectivity index (χ2n) is 7.95. The fourth-order valence-corrected chi connectivity index (χ4v) is 3.86. The third-order valence-corrected chi connectivity index (χ3v) is 5.77. The van der Waals surface area contributed by atoms with E-state index in [1.54, 1.807) is 17.0 Å². The molecule has 3 aromatic carbocycles. The molecule has 5 heteroatoms. The van der Waals surface area contributed by atoms with Crippen molar-refractivity contribution >= 4 is 23.3 Å². The minimum absolute atomic E-state index is 0.00612. The molecular formula is C26H27N3O2. The number of rotatable bonds is 5. The number of carbonyl (C=O) groups excluding carboxylic acids is 2. The molecule has 31 heavy (non-hydrogen) atoms. The van der Waals surface area contributed by atoms with Gasteiger partial charge >= 0.3 is 6.03 Å². The first-order chi connectivity index (χ1) is 15.0. The lowest BCUT2D eigenvalue weighted by molar-refractivity contribution is 0.102.